The first kappa shape index (κ1) is 13.9. The molecule has 0 aliphatic carbocycles. The number of sulfonamides is 1. The highest BCUT2D eigenvalue weighted by atomic mass is 32.2. The first-order valence-corrected chi connectivity index (χ1v) is 8.01. The number of rotatable bonds is 2. The van der Waals surface area contributed by atoms with Gasteiger partial charge < -0.3 is 5.73 Å². The molecule has 4 nitrogen and oxygen atoms in total. The molecule has 110 valence electrons. The standard InChI is InChI=1S/C15H15FN2O2S/c1-10-9-11(16)5-6-15(10)21(19,20)18-8-7-12-13(17)3-2-4-14(12)18/h2-6,9H,7-8,17H2,1H3. The summed E-state index contributed by atoms with van der Waals surface area (Å²) in [6, 6.07) is 8.94. The summed E-state index contributed by atoms with van der Waals surface area (Å²) in [5.74, 6) is -0.447. The number of halogens is 1. The van der Waals surface area contributed by atoms with E-state index >= 15 is 0 Å². The first-order valence-electron chi connectivity index (χ1n) is 6.57. The van der Waals surface area contributed by atoms with Crippen molar-refractivity contribution < 1.29 is 12.8 Å². The summed E-state index contributed by atoms with van der Waals surface area (Å²) in [6.07, 6.45) is 0.585. The average Bonchev–Trinajstić information content (AvgIpc) is 2.84. The lowest BCUT2D eigenvalue weighted by molar-refractivity contribution is 0.590. The van der Waals surface area contributed by atoms with Gasteiger partial charge in [0, 0.05) is 17.8 Å². The van der Waals surface area contributed by atoms with Crippen LogP contribution < -0.4 is 10.0 Å². The van der Waals surface area contributed by atoms with E-state index in [1.54, 1.807) is 25.1 Å². The Labute approximate surface area is 123 Å². The van der Waals surface area contributed by atoms with Gasteiger partial charge in [-0.2, -0.15) is 0 Å². The summed E-state index contributed by atoms with van der Waals surface area (Å²) in [5.41, 5.74) is 8.35. The summed E-state index contributed by atoms with van der Waals surface area (Å²) in [6.45, 7) is 1.94. The highest BCUT2D eigenvalue weighted by Crippen LogP contribution is 2.36. The smallest absolute Gasteiger partial charge is 0.264 e. The summed E-state index contributed by atoms with van der Waals surface area (Å²) < 4.78 is 40.1. The van der Waals surface area contributed by atoms with Crippen LogP contribution in [0.5, 0.6) is 0 Å². The van der Waals surface area contributed by atoms with Gasteiger partial charge in [0.05, 0.1) is 10.6 Å². The Balaban J connectivity index is 2.12. The lowest BCUT2D eigenvalue weighted by Crippen LogP contribution is -2.29. The molecule has 1 aliphatic rings. The molecule has 0 spiro atoms. The van der Waals surface area contributed by atoms with E-state index in [4.69, 9.17) is 5.73 Å². The number of aryl methyl sites for hydroxylation is 1. The quantitative estimate of drug-likeness (QED) is 0.867. The predicted octanol–water partition coefficient (Wildman–Crippen LogP) is 2.47. The summed E-state index contributed by atoms with van der Waals surface area (Å²) in [5, 5.41) is 0. The van der Waals surface area contributed by atoms with Crippen molar-refractivity contribution >= 4 is 21.4 Å². The van der Waals surface area contributed by atoms with E-state index in [1.165, 1.54) is 16.4 Å². The minimum absolute atomic E-state index is 0.124. The Bertz CT molecular complexity index is 818. The van der Waals surface area contributed by atoms with Crippen LogP contribution in [-0.4, -0.2) is 15.0 Å². The van der Waals surface area contributed by atoms with Crippen molar-refractivity contribution in [1.29, 1.82) is 0 Å². The molecule has 0 bridgehead atoms. The number of nitrogen functional groups attached to an aromatic ring is 1. The molecule has 0 radical (unpaired) electrons. The maximum Gasteiger partial charge on any atom is 0.264 e. The Hall–Kier alpha value is -2.08. The van der Waals surface area contributed by atoms with Gasteiger partial charge in [0.1, 0.15) is 5.82 Å². The van der Waals surface area contributed by atoms with Crippen molar-refractivity contribution in [2.24, 2.45) is 0 Å². The first-order chi connectivity index (χ1) is 9.91. The van der Waals surface area contributed by atoms with E-state index < -0.39 is 15.8 Å². The van der Waals surface area contributed by atoms with E-state index in [0.29, 0.717) is 29.9 Å². The zero-order chi connectivity index (χ0) is 15.2. The second-order valence-electron chi connectivity index (χ2n) is 5.08. The van der Waals surface area contributed by atoms with Crippen LogP contribution in [0.3, 0.4) is 0 Å². The lowest BCUT2D eigenvalue weighted by atomic mass is 10.1. The maximum atomic E-state index is 13.2. The molecule has 1 heterocycles. The van der Waals surface area contributed by atoms with Crippen molar-refractivity contribution in [3.63, 3.8) is 0 Å². The van der Waals surface area contributed by atoms with Crippen LogP contribution in [0.25, 0.3) is 0 Å². The predicted molar refractivity (Wildman–Crippen MR) is 80.2 cm³/mol. The van der Waals surface area contributed by atoms with Gasteiger partial charge in [-0.05, 0) is 49.2 Å². The van der Waals surface area contributed by atoms with E-state index in [0.717, 1.165) is 11.6 Å². The molecule has 6 heteroatoms. The van der Waals surface area contributed by atoms with Crippen LogP contribution in [0.4, 0.5) is 15.8 Å². The molecule has 2 aromatic carbocycles. The highest BCUT2D eigenvalue weighted by molar-refractivity contribution is 7.93. The monoisotopic (exact) mass is 306 g/mol. The van der Waals surface area contributed by atoms with E-state index in [2.05, 4.69) is 0 Å². The molecule has 0 saturated heterocycles. The van der Waals surface area contributed by atoms with Crippen LogP contribution in [0.2, 0.25) is 0 Å². The van der Waals surface area contributed by atoms with E-state index in [-0.39, 0.29) is 4.90 Å². The van der Waals surface area contributed by atoms with Crippen molar-refractivity contribution in [2.75, 3.05) is 16.6 Å². The molecule has 2 aromatic rings. The molecule has 0 fully saturated rings. The van der Waals surface area contributed by atoms with Gasteiger partial charge in [0.2, 0.25) is 0 Å². The molecule has 0 saturated carbocycles. The third-order valence-corrected chi connectivity index (χ3v) is 5.70. The maximum absolute atomic E-state index is 13.2. The Morgan fingerprint density at radius 2 is 2.00 bits per heavy atom. The molecule has 0 unspecified atom stereocenters. The van der Waals surface area contributed by atoms with Crippen LogP contribution >= 0.6 is 0 Å². The second kappa shape index (κ2) is 4.73. The van der Waals surface area contributed by atoms with Gasteiger partial charge in [-0.25, -0.2) is 12.8 Å². The molecule has 21 heavy (non-hydrogen) atoms. The van der Waals surface area contributed by atoms with Crippen LogP contribution in [0, 0.1) is 12.7 Å². The summed E-state index contributed by atoms with van der Waals surface area (Å²) >= 11 is 0. The molecule has 0 aromatic heterocycles. The van der Waals surface area contributed by atoms with Crippen molar-refractivity contribution in [2.45, 2.75) is 18.2 Å². The van der Waals surface area contributed by atoms with Gasteiger partial charge >= 0.3 is 0 Å². The fraction of sp³-hybridized carbons (Fsp3) is 0.200. The number of hydrogen-bond donors (Lipinski definition) is 1. The third kappa shape index (κ3) is 2.15. The van der Waals surface area contributed by atoms with Crippen molar-refractivity contribution in [3.8, 4) is 0 Å². The highest BCUT2D eigenvalue weighted by Gasteiger charge is 2.32. The van der Waals surface area contributed by atoms with E-state index in [9.17, 15) is 12.8 Å². The van der Waals surface area contributed by atoms with Crippen LogP contribution in [0.15, 0.2) is 41.3 Å². The molecular weight excluding hydrogens is 291 g/mol. The zero-order valence-electron chi connectivity index (χ0n) is 11.5. The van der Waals surface area contributed by atoms with Gasteiger partial charge in [-0.3, -0.25) is 4.31 Å². The normalized spacial score (nSPS) is 14.3. The number of nitrogens with zero attached hydrogens (tertiary/aromatic N) is 1. The molecule has 0 atom stereocenters. The topological polar surface area (TPSA) is 63.4 Å². The number of nitrogens with two attached hydrogens (primary N) is 1. The molecular formula is C15H15FN2O2S. The van der Waals surface area contributed by atoms with Crippen molar-refractivity contribution in [3.05, 3.63) is 53.3 Å². The Morgan fingerprint density at radius 3 is 2.71 bits per heavy atom. The number of fused-ring (bicyclic) bond motifs is 1. The summed E-state index contributed by atoms with van der Waals surface area (Å²) in [4.78, 5) is 0.124. The largest absolute Gasteiger partial charge is 0.398 e. The fourth-order valence-corrected chi connectivity index (χ4v) is 4.41. The van der Waals surface area contributed by atoms with Crippen LogP contribution in [-0.2, 0) is 16.4 Å². The Kier molecular flexibility index (Phi) is 3.13. The molecule has 3 rings (SSSR count). The minimum Gasteiger partial charge on any atom is -0.398 e. The number of benzene rings is 2. The molecule has 0 amide bonds. The summed E-state index contributed by atoms with van der Waals surface area (Å²) in [7, 11) is -3.71. The van der Waals surface area contributed by atoms with E-state index in [1.807, 2.05) is 0 Å². The Morgan fingerprint density at radius 1 is 1.24 bits per heavy atom. The van der Waals surface area contributed by atoms with Crippen LogP contribution in [0.1, 0.15) is 11.1 Å². The SMILES string of the molecule is Cc1cc(F)ccc1S(=O)(=O)N1CCc2c(N)cccc21. The second-order valence-corrected chi connectivity index (χ2v) is 6.91. The zero-order valence-corrected chi connectivity index (χ0v) is 12.3. The van der Waals surface area contributed by atoms with Gasteiger partial charge in [-0.1, -0.05) is 6.07 Å². The minimum atomic E-state index is -3.71. The van der Waals surface area contributed by atoms with Gasteiger partial charge in [0.25, 0.3) is 10.0 Å². The number of hydrogen-bond acceptors (Lipinski definition) is 3. The lowest BCUT2D eigenvalue weighted by Gasteiger charge is -2.21. The molecule has 2 N–H and O–H groups in total. The number of anilines is 2. The third-order valence-electron chi connectivity index (χ3n) is 3.73. The van der Waals surface area contributed by atoms with Gasteiger partial charge in [-0.15, -0.1) is 0 Å². The molecule has 1 aliphatic heterocycles. The van der Waals surface area contributed by atoms with Gasteiger partial charge in [0.15, 0.2) is 0 Å². The fourth-order valence-electron chi connectivity index (χ4n) is 2.70. The van der Waals surface area contributed by atoms with Crippen molar-refractivity contribution in [1.82, 2.24) is 0 Å². The average molecular weight is 306 g/mol.